The smallest absolute Gasteiger partial charge is 0.310 e. The van der Waals surface area contributed by atoms with E-state index in [1.807, 2.05) is 18.7 Å². The summed E-state index contributed by atoms with van der Waals surface area (Å²) < 4.78 is 37.3. The van der Waals surface area contributed by atoms with Gasteiger partial charge in [0.15, 0.2) is 0 Å². The molecule has 0 bridgehead atoms. The van der Waals surface area contributed by atoms with Gasteiger partial charge >= 0.3 is 6.18 Å². The summed E-state index contributed by atoms with van der Waals surface area (Å²) in [6.07, 6.45) is 0.0744. The first kappa shape index (κ1) is 16.4. The number of hydrogen-bond acceptors (Lipinski definition) is 2. The highest BCUT2D eigenvalue weighted by Gasteiger charge is 2.30. The van der Waals surface area contributed by atoms with Gasteiger partial charge in [-0.25, -0.2) is 0 Å². The van der Waals surface area contributed by atoms with Crippen LogP contribution < -0.4 is 5.32 Å². The lowest BCUT2D eigenvalue weighted by molar-refractivity contribution is -0.137. The van der Waals surface area contributed by atoms with Crippen molar-refractivity contribution in [3.8, 4) is 0 Å². The first-order valence-corrected chi connectivity index (χ1v) is 7.74. The molecule has 1 aromatic carbocycles. The molecule has 0 heterocycles. The first-order chi connectivity index (χ1) is 8.95. The van der Waals surface area contributed by atoms with Crippen molar-refractivity contribution in [2.75, 3.05) is 18.6 Å². The third-order valence-corrected chi connectivity index (χ3v) is 3.66. The van der Waals surface area contributed by atoms with Crippen LogP contribution in [0.1, 0.15) is 36.9 Å². The molecule has 0 aliphatic heterocycles. The second-order valence-corrected chi connectivity index (χ2v) is 5.48. The van der Waals surface area contributed by atoms with Crippen molar-refractivity contribution in [1.82, 2.24) is 5.32 Å². The van der Waals surface area contributed by atoms with Crippen LogP contribution in [0.2, 0.25) is 0 Å². The molecule has 1 aromatic rings. The Morgan fingerprint density at radius 1 is 1.16 bits per heavy atom. The van der Waals surface area contributed by atoms with Crippen LogP contribution in [0.5, 0.6) is 0 Å². The van der Waals surface area contributed by atoms with Gasteiger partial charge in [0, 0.05) is 6.04 Å². The molecular formula is C14H20F3NS. The van der Waals surface area contributed by atoms with Crippen LogP contribution >= 0.6 is 11.8 Å². The van der Waals surface area contributed by atoms with Crippen molar-refractivity contribution in [1.29, 1.82) is 0 Å². The Kier molecular flexibility index (Phi) is 6.72. The molecule has 1 atom stereocenters. The van der Waals surface area contributed by atoms with Gasteiger partial charge in [0.1, 0.15) is 0 Å². The van der Waals surface area contributed by atoms with E-state index in [0.717, 1.165) is 42.8 Å². The molecule has 1 unspecified atom stereocenters. The average molecular weight is 291 g/mol. The second-order valence-electron chi connectivity index (χ2n) is 4.50. The fraction of sp³-hybridized carbons (Fsp3) is 0.571. The Bertz CT molecular complexity index is 362. The van der Waals surface area contributed by atoms with Crippen molar-refractivity contribution < 1.29 is 13.2 Å². The molecule has 0 fully saturated rings. The molecule has 0 spiro atoms. The SMILES string of the molecule is CSCCCCNC(C)c1ccc(C(F)(F)F)cc1. The van der Waals surface area contributed by atoms with E-state index in [2.05, 4.69) is 11.6 Å². The van der Waals surface area contributed by atoms with Crippen LogP contribution in [-0.2, 0) is 6.18 Å². The van der Waals surface area contributed by atoms with Crippen LogP contribution in [0.4, 0.5) is 13.2 Å². The lowest BCUT2D eigenvalue weighted by atomic mass is 10.1. The van der Waals surface area contributed by atoms with Gasteiger partial charge < -0.3 is 5.32 Å². The molecule has 0 aliphatic rings. The van der Waals surface area contributed by atoms with E-state index in [1.165, 1.54) is 0 Å². The Labute approximate surface area is 117 Å². The predicted molar refractivity (Wildman–Crippen MR) is 75.5 cm³/mol. The molecule has 0 saturated heterocycles. The van der Waals surface area contributed by atoms with Crippen molar-refractivity contribution >= 4 is 11.8 Å². The highest BCUT2D eigenvalue weighted by Crippen LogP contribution is 2.29. The van der Waals surface area contributed by atoms with Crippen LogP contribution in [0.15, 0.2) is 24.3 Å². The van der Waals surface area contributed by atoms with E-state index in [1.54, 1.807) is 12.1 Å². The second kappa shape index (κ2) is 7.80. The lowest BCUT2D eigenvalue weighted by Crippen LogP contribution is -2.20. The normalized spacial score (nSPS) is 13.5. The zero-order chi connectivity index (χ0) is 14.3. The van der Waals surface area contributed by atoms with Crippen LogP contribution in [-0.4, -0.2) is 18.6 Å². The zero-order valence-electron chi connectivity index (χ0n) is 11.3. The molecule has 0 saturated carbocycles. The van der Waals surface area contributed by atoms with Crippen molar-refractivity contribution in [3.05, 3.63) is 35.4 Å². The Hall–Kier alpha value is -0.680. The maximum Gasteiger partial charge on any atom is 0.416 e. The summed E-state index contributed by atoms with van der Waals surface area (Å²) >= 11 is 1.83. The predicted octanol–water partition coefficient (Wildman–Crippen LogP) is 4.50. The topological polar surface area (TPSA) is 12.0 Å². The summed E-state index contributed by atoms with van der Waals surface area (Å²) in [5, 5.41) is 3.33. The molecule has 1 N–H and O–H groups in total. The van der Waals surface area contributed by atoms with Gasteiger partial charge in [-0.05, 0) is 56.0 Å². The maximum atomic E-state index is 12.4. The van der Waals surface area contributed by atoms with Crippen LogP contribution in [0.3, 0.4) is 0 Å². The fourth-order valence-electron chi connectivity index (χ4n) is 1.77. The summed E-state index contributed by atoms with van der Waals surface area (Å²) in [7, 11) is 0. The monoisotopic (exact) mass is 291 g/mol. The van der Waals surface area contributed by atoms with E-state index < -0.39 is 11.7 Å². The van der Waals surface area contributed by atoms with Gasteiger partial charge in [-0.15, -0.1) is 0 Å². The summed E-state index contributed by atoms with van der Waals surface area (Å²) in [6.45, 7) is 2.86. The molecule has 0 radical (unpaired) electrons. The van der Waals surface area contributed by atoms with E-state index >= 15 is 0 Å². The lowest BCUT2D eigenvalue weighted by Gasteiger charge is -2.15. The summed E-state index contributed by atoms with van der Waals surface area (Å²) in [5.41, 5.74) is 0.293. The largest absolute Gasteiger partial charge is 0.416 e. The molecule has 1 rings (SSSR count). The zero-order valence-corrected chi connectivity index (χ0v) is 12.1. The van der Waals surface area contributed by atoms with Crippen molar-refractivity contribution in [2.45, 2.75) is 32.0 Å². The minimum absolute atomic E-state index is 0.0802. The van der Waals surface area contributed by atoms with Crippen molar-refractivity contribution in [2.24, 2.45) is 0 Å². The Morgan fingerprint density at radius 2 is 1.79 bits per heavy atom. The molecule has 108 valence electrons. The summed E-state index contributed by atoms with van der Waals surface area (Å²) in [4.78, 5) is 0. The number of halogens is 3. The fourth-order valence-corrected chi connectivity index (χ4v) is 2.26. The van der Waals surface area contributed by atoms with Gasteiger partial charge in [-0.3, -0.25) is 0 Å². The maximum absolute atomic E-state index is 12.4. The van der Waals surface area contributed by atoms with Gasteiger partial charge in [-0.1, -0.05) is 12.1 Å². The number of nitrogens with one attached hydrogen (secondary N) is 1. The first-order valence-electron chi connectivity index (χ1n) is 6.34. The Morgan fingerprint density at radius 3 is 2.32 bits per heavy atom. The van der Waals surface area contributed by atoms with Crippen molar-refractivity contribution in [3.63, 3.8) is 0 Å². The Balaban J connectivity index is 2.42. The van der Waals surface area contributed by atoms with Gasteiger partial charge in [0.05, 0.1) is 5.56 Å². The van der Waals surface area contributed by atoms with E-state index in [9.17, 15) is 13.2 Å². The van der Waals surface area contributed by atoms with E-state index in [-0.39, 0.29) is 6.04 Å². The van der Waals surface area contributed by atoms with Gasteiger partial charge in [-0.2, -0.15) is 24.9 Å². The number of rotatable bonds is 7. The van der Waals surface area contributed by atoms with E-state index in [0.29, 0.717) is 0 Å². The molecule has 0 aliphatic carbocycles. The summed E-state index contributed by atoms with van der Waals surface area (Å²) in [6, 6.07) is 5.45. The number of thioether (sulfide) groups is 1. The van der Waals surface area contributed by atoms with Crippen LogP contribution in [0, 0.1) is 0 Å². The molecule has 0 aromatic heterocycles. The minimum atomic E-state index is -4.26. The third kappa shape index (κ3) is 5.87. The third-order valence-electron chi connectivity index (χ3n) is 2.96. The number of alkyl halides is 3. The number of unbranched alkanes of at least 4 members (excludes halogenated alkanes) is 1. The van der Waals surface area contributed by atoms with Gasteiger partial charge in [0.25, 0.3) is 0 Å². The number of hydrogen-bond donors (Lipinski definition) is 1. The highest BCUT2D eigenvalue weighted by atomic mass is 32.2. The minimum Gasteiger partial charge on any atom is -0.310 e. The van der Waals surface area contributed by atoms with Crippen LogP contribution in [0.25, 0.3) is 0 Å². The molecule has 5 heteroatoms. The summed E-state index contributed by atoms with van der Waals surface area (Å²) in [5.74, 6) is 1.15. The molecule has 0 amide bonds. The average Bonchev–Trinajstić information content (AvgIpc) is 2.37. The quantitative estimate of drug-likeness (QED) is 0.742. The highest BCUT2D eigenvalue weighted by molar-refractivity contribution is 7.98. The molecule has 19 heavy (non-hydrogen) atoms. The van der Waals surface area contributed by atoms with E-state index in [4.69, 9.17) is 0 Å². The molecule has 1 nitrogen and oxygen atoms in total. The number of benzene rings is 1. The molecular weight excluding hydrogens is 271 g/mol. The standard InChI is InChI=1S/C14H20F3NS/c1-11(18-9-3-4-10-19-2)12-5-7-13(8-6-12)14(15,16)17/h5-8,11,18H,3-4,9-10H2,1-2H3. The van der Waals surface area contributed by atoms with Gasteiger partial charge in [0.2, 0.25) is 0 Å².